The van der Waals surface area contributed by atoms with Gasteiger partial charge in [-0.05, 0) is 23.3 Å². The van der Waals surface area contributed by atoms with Gasteiger partial charge < -0.3 is 10.1 Å². The van der Waals surface area contributed by atoms with E-state index in [0.29, 0.717) is 11.3 Å². The topological polar surface area (TPSA) is 70.2 Å². The molecule has 1 heterocycles. The Balaban J connectivity index is 2.39. The molecule has 0 aliphatic rings. The SMILES string of the molecule is O=C(O)Cc1cccc(-c2cccc(=O)[nH]2)c1. The van der Waals surface area contributed by atoms with Crippen LogP contribution in [0.4, 0.5) is 0 Å². The summed E-state index contributed by atoms with van der Waals surface area (Å²) in [7, 11) is 0. The van der Waals surface area contributed by atoms with Crippen LogP contribution in [-0.4, -0.2) is 16.1 Å². The third-order valence-electron chi connectivity index (χ3n) is 2.36. The molecule has 4 heteroatoms. The van der Waals surface area contributed by atoms with E-state index in [1.165, 1.54) is 6.07 Å². The molecule has 2 aromatic rings. The highest BCUT2D eigenvalue weighted by molar-refractivity contribution is 5.71. The molecule has 2 N–H and O–H groups in total. The van der Waals surface area contributed by atoms with E-state index in [9.17, 15) is 9.59 Å². The Morgan fingerprint density at radius 2 is 1.94 bits per heavy atom. The van der Waals surface area contributed by atoms with Crippen LogP contribution >= 0.6 is 0 Å². The fraction of sp³-hybridized carbons (Fsp3) is 0.0769. The number of H-pyrrole nitrogens is 1. The van der Waals surface area contributed by atoms with Gasteiger partial charge in [-0.2, -0.15) is 0 Å². The quantitative estimate of drug-likeness (QED) is 0.841. The van der Waals surface area contributed by atoms with Crippen molar-refractivity contribution in [3.8, 4) is 11.3 Å². The van der Waals surface area contributed by atoms with Crippen LogP contribution in [0, 0.1) is 0 Å². The van der Waals surface area contributed by atoms with Crippen LogP contribution in [-0.2, 0) is 11.2 Å². The number of nitrogens with one attached hydrogen (secondary N) is 1. The zero-order valence-corrected chi connectivity index (χ0v) is 9.01. The number of carbonyl (C=O) groups is 1. The lowest BCUT2D eigenvalue weighted by Crippen LogP contribution is -2.04. The van der Waals surface area contributed by atoms with Crippen LogP contribution in [0.1, 0.15) is 5.56 Å². The van der Waals surface area contributed by atoms with Crippen LogP contribution < -0.4 is 5.56 Å². The highest BCUT2D eigenvalue weighted by Gasteiger charge is 2.03. The van der Waals surface area contributed by atoms with E-state index in [1.807, 2.05) is 6.07 Å². The summed E-state index contributed by atoms with van der Waals surface area (Å²) in [6.07, 6.45) is -0.0229. The monoisotopic (exact) mass is 229 g/mol. The standard InChI is InChI=1S/C13H11NO3/c15-12-6-2-5-11(14-12)10-4-1-3-9(7-10)8-13(16)17/h1-7H,8H2,(H,14,15)(H,16,17). The minimum Gasteiger partial charge on any atom is -0.481 e. The maximum atomic E-state index is 11.2. The fourth-order valence-electron chi connectivity index (χ4n) is 1.64. The number of hydrogen-bond donors (Lipinski definition) is 2. The molecule has 86 valence electrons. The Morgan fingerprint density at radius 1 is 1.18 bits per heavy atom. The van der Waals surface area contributed by atoms with Crippen molar-refractivity contribution in [1.82, 2.24) is 4.98 Å². The smallest absolute Gasteiger partial charge is 0.307 e. The first kappa shape index (κ1) is 11.1. The molecule has 1 aromatic heterocycles. The highest BCUT2D eigenvalue weighted by atomic mass is 16.4. The third-order valence-corrected chi connectivity index (χ3v) is 2.36. The van der Waals surface area contributed by atoms with E-state index in [2.05, 4.69) is 4.98 Å². The molecule has 0 saturated carbocycles. The molecule has 0 fully saturated rings. The number of aromatic amines is 1. The first-order chi connectivity index (χ1) is 8.15. The van der Waals surface area contributed by atoms with Crippen molar-refractivity contribution in [2.75, 3.05) is 0 Å². The maximum absolute atomic E-state index is 11.2. The van der Waals surface area contributed by atoms with Gasteiger partial charge in [0, 0.05) is 11.8 Å². The number of hydrogen-bond acceptors (Lipinski definition) is 2. The second-order valence-electron chi connectivity index (χ2n) is 3.70. The van der Waals surface area contributed by atoms with E-state index in [1.54, 1.807) is 30.3 Å². The summed E-state index contributed by atoms with van der Waals surface area (Å²) in [4.78, 5) is 24.5. The van der Waals surface area contributed by atoms with Crippen LogP contribution in [0.15, 0.2) is 47.3 Å². The van der Waals surface area contributed by atoms with Crippen molar-refractivity contribution in [3.05, 3.63) is 58.4 Å². The van der Waals surface area contributed by atoms with E-state index in [0.717, 1.165) is 5.56 Å². The zero-order valence-electron chi connectivity index (χ0n) is 9.01. The van der Waals surface area contributed by atoms with Gasteiger partial charge in [-0.25, -0.2) is 0 Å². The van der Waals surface area contributed by atoms with E-state index < -0.39 is 5.97 Å². The lowest BCUT2D eigenvalue weighted by molar-refractivity contribution is -0.136. The van der Waals surface area contributed by atoms with Gasteiger partial charge in [0.1, 0.15) is 0 Å². The summed E-state index contributed by atoms with van der Waals surface area (Å²) in [5.74, 6) is -0.872. The van der Waals surface area contributed by atoms with Gasteiger partial charge in [0.05, 0.1) is 6.42 Å². The van der Waals surface area contributed by atoms with Crippen molar-refractivity contribution in [2.45, 2.75) is 6.42 Å². The first-order valence-electron chi connectivity index (χ1n) is 5.15. The van der Waals surface area contributed by atoms with Crippen LogP contribution in [0.3, 0.4) is 0 Å². The van der Waals surface area contributed by atoms with Crippen molar-refractivity contribution in [1.29, 1.82) is 0 Å². The molecular weight excluding hydrogens is 218 g/mol. The van der Waals surface area contributed by atoms with Crippen molar-refractivity contribution >= 4 is 5.97 Å². The number of rotatable bonds is 3. The normalized spacial score (nSPS) is 10.1. The largest absolute Gasteiger partial charge is 0.481 e. The molecule has 0 atom stereocenters. The van der Waals surface area contributed by atoms with Crippen molar-refractivity contribution in [3.63, 3.8) is 0 Å². The molecule has 0 unspecified atom stereocenters. The second kappa shape index (κ2) is 4.65. The molecular formula is C13H11NO3. The van der Waals surface area contributed by atoms with Crippen molar-refractivity contribution < 1.29 is 9.90 Å². The second-order valence-corrected chi connectivity index (χ2v) is 3.70. The first-order valence-corrected chi connectivity index (χ1v) is 5.15. The summed E-state index contributed by atoms with van der Waals surface area (Å²) < 4.78 is 0. The number of carboxylic acids is 1. The lowest BCUT2D eigenvalue weighted by atomic mass is 10.1. The summed E-state index contributed by atoms with van der Waals surface area (Å²) in [6, 6.07) is 12.0. The molecule has 0 radical (unpaired) electrons. The van der Waals surface area contributed by atoms with Crippen LogP contribution in [0.25, 0.3) is 11.3 Å². The van der Waals surface area contributed by atoms with E-state index in [-0.39, 0.29) is 12.0 Å². The van der Waals surface area contributed by atoms with Gasteiger partial charge in [-0.1, -0.05) is 24.3 Å². The number of benzene rings is 1. The van der Waals surface area contributed by atoms with Gasteiger partial charge in [-0.15, -0.1) is 0 Å². The minimum absolute atomic E-state index is 0.0229. The van der Waals surface area contributed by atoms with E-state index in [4.69, 9.17) is 5.11 Å². The molecule has 0 bridgehead atoms. The average Bonchev–Trinajstić information content (AvgIpc) is 2.28. The van der Waals surface area contributed by atoms with Crippen molar-refractivity contribution in [2.24, 2.45) is 0 Å². The van der Waals surface area contributed by atoms with E-state index >= 15 is 0 Å². The summed E-state index contributed by atoms with van der Waals surface area (Å²) in [5, 5.41) is 8.71. The van der Waals surface area contributed by atoms with Gasteiger partial charge in [0.2, 0.25) is 5.56 Å². The summed E-state index contributed by atoms with van der Waals surface area (Å²) >= 11 is 0. The molecule has 0 aliphatic carbocycles. The Morgan fingerprint density at radius 3 is 2.65 bits per heavy atom. The molecule has 4 nitrogen and oxygen atoms in total. The number of aliphatic carboxylic acids is 1. The predicted octanol–water partition coefficient (Wildman–Crippen LogP) is 1.67. The molecule has 0 spiro atoms. The molecule has 0 aliphatic heterocycles. The third kappa shape index (κ3) is 2.81. The average molecular weight is 229 g/mol. The molecule has 17 heavy (non-hydrogen) atoms. The Bertz CT molecular complexity index is 601. The predicted molar refractivity (Wildman–Crippen MR) is 63.8 cm³/mol. The fourth-order valence-corrected chi connectivity index (χ4v) is 1.64. The summed E-state index contributed by atoms with van der Waals surface area (Å²) in [6.45, 7) is 0. The molecule has 1 aromatic carbocycles. The Hall–Kier alpha value is -2.36. The molecule has 2 rings (SSSR count). The zero-order chi connectivity index (χ0) is 12.3. The number of aromatic nitrogens is 1. The minimum atomic E-state index is -0.872. The van der Waals surface area contributed by atoms with Gasteiger partial charge >= 0.3 is 5.97 Å². The molecule has 0 saturated heterocycles. The van der Waals surface area contributed by atoms with Gasteiger partial charge in [0.25, 0.3) is 0 Å². The van der Waals surface area contributed by atoms with Crippen LogP contribution in [0.5, 0.6) is 0 Å². The number of pyridine rings is 1. The summed E-state index contributed by atoms with van der Waals surface area (Å²) in [5.41, 5.74) is 2.03. The van der Waals surface area contributed by atoms with Crippen LogP contribution in [0.2, 0.25) is 0 Å². The molecule has 0 amide bonds. The van der Waals surface area contributed by atoms with Gasteiger partial charge in [-0.3, -0.25) is 9.59 Å². The van der Waals surface area contributed by atoms with Gasteiger partial charge in [0.15, 0.2) is 0 Å². The highest BCUT2D eigenvalue weighted by Crippen LogP contribution is 2.17. The maximum Gasteiger partial charge on any atom is 0.307 e. The number of carboxylic acid groups (broad SMARTS) is 1. The Kier molecular flexibility index (Phi) is 3.05. The Labute approximate surface area is 97.6 Å². The lowest BCUT2D eigenvalue weighted by Gasteiger charge is -2.03.